The summed E-state index contributed by atoms with van der Waals surface area (Å²) in [5.74, 6) is -0.745. The maximum Gasteiger partial charge on any atom is 0.419 e. The molecule has 1 rings (SSSR count). The van der Waals surface area contributed by atoms with E-state index in [4.69, 9.17) is 4.74 Å². The van der Waals surface area contributed by atoms with E-state index >= 15 is 0 Å². The van der Waals surface area contributed by atoms with E-state index in [0.717, 1.165) is 12.1 Å². The molecule has 0 aromatic heterocycles. The summed E-state index contributed by atoms with van der Waals surface area (Å²) in [6, 6.07) is 3.52. The van der Waals surface area contributed by atoms with E-state index in [-0.39, 0.29) is 0 Å². The monoisotopic (exact) mass is 263 g/mol. The Morgan fingerprint density at radius 1 is 1.33 bits per heavy atom. The van der Waals surface area contributed by atoms with Crippen LogP contribution in [0.25, 0.3) is 0 Å². The molecule has 3 nitrogen and oxygen atoms in total. The SMILES string of the molecule is COCCN(C)Cc1ccc(O)c(C(F)(F)F)c1. The highest BCUT2D eigenvalue weighted by Gasteiger charge is 2.33. The average Bonchev–Trinajstić information content (AvgIpc) is 2.27. The number of phenols is 1. The Hall–Kier alpha value is -1.27. The summed E-state index contributed by atoms with van der Waals surface area (Å²) in [7, 11) is 3.36. The van der Waals surface area contributed by atoms with Gasteiger partial charge in [-0.1, -0.05) is 6.07 Å². The molecule has 18 heavy (non-hydrogen) atoms. The van der Waals surface area contributed by atoms with Crippen molar-refractivity contribution in [3.63, 3.8) is 0 Å². The van der Waals surface area contributed by atoms with Gasteiger partial charge in [0.2, 0.25) is 0 Å². The molecular weight excluding hydrogens is 247 g/mol. The van der Waals surface area contributed by atoms with Crippen LogP contribution in [0.1, 0.15) is 11.1 Å². The number of hydrogen-bond acceptors (Lipinski definition) is 3. The van der Waals surface area contributed by atoms with Gasteiger partial charge in [0.1, 0.15) is 5.75 Å². The minimum atomic E-state index is -4.54. The lowest BCUT2D eigenvalue weighted by atomic mass is 10.1. The van der Waals surface area contributed by atoms with Gasteiger partial charge in [0.25, 0.3) is 0 Å². The highest BCUT2D eigenvalue weighted by atomic mass is 19.4. The molecule has 0 bridgehead atoms. The molecule has 0 unspecified atom stereocenters. The molecule has 0 aliphatic heterocycles. The first-order valence-electron chi connectivity index (χ1n) is 5.41. The van der Waals surface area contributed by atoms with E-state index in [1.807, 2.05) is 4.90 Å². The van der Waals surface area contributed by atoms with Crippen molar-refractivity contribution in [3.05, 3.63) is 29.3 Å². The topological polar surface area (TPSA) is 32.7 Å². The van der Waals surface area contributed by atoms with Crippen molar-refractivity contribution in [1.82, 2.24) is 4.90 Å². The Morgan fingerprint density at radius 2 is 2.00 bits per heavy atom. The number of phenolic OH excluding ortho intramolecular Hbond substituents is 1. The molecule has 102 valence electrons. The second-order valence-electron chi connectivity index (χ2n) is 4.08. The summed E-state index contributed by atoms with van der Waals surface area (Å²) < 4.78 is 42.6. The van der Waals surface area contributed by atoms with Gasteiger partial charge < -0.3 is 9.84 Å². The fraction of sp³-hybridized carbons (Fsp3) is 0.500. The van der Waals surface area contributed by atoms with Crippen LogP contribution in [0.5, 0.6) is 5.75 Å². The zero-order valence-electron chi connectivity index (χ0n) is 10.3. The van der Waals surface area contributed by atoms with Crippen LogP contribution in [0.4, 0.5) is 13.2 Å². The molecule has 0 saturated carbocycles. The highest BCUT2D eigenvalue weighted by Crippen LogP contribution is 2.36. The number of likely N-dealkylation sites (N-methyl/N-ethyl adjacent to an activating group) is 1. The smallest absolute Gasteiger partial charge is 0.419 e. The summed E-state index contributed by atoms with van der Waals surface area (Å²) in [5.41, 5.74) is -0.501. The van der Waals surface area contributed by atoms with Crippen molar-refractivity contribution in [2.45, 2.75) is 12.7 Å². The third-order valence-corrected chi connectivity index (χ3v) is 2.50. The van der Waals surface area contributed by atoms with Gasteiger partial charge in [-0.2, -0.15) is 13.2 Å². The number of aromatic hydroxyl groups is 1. The number of ether oxygens (including phenoxy) is 1. The number of halogens is 3. The summed E-state index contributed by atoms with van der Waals surface area (Å²) in [6.45, 7) is 1.51. The maximum absolute atomic E-state index is 12.6. The van der Waals surface area contributed by atoms with Gasteiger partial charge in [0, 0.05) is 20.2 Å². The van der Waals surface area contributed by atoms with Crippen LogP contribution < -0.4 is 0 Å². The summed E-state index contributed by atoms with van der Waals surface area (Å²) >= 11 is 0. The molecule has 6 heteroatoms. The third-order valence-electron chi connectivity index (χ3n) is 2.50. The van der Waals surface area contributed by atoms with E-state index in [9.17, 15) is 18.3 Å². The van der Waals surface area contributed by atoms with Crippen molar-refractivity contribution in [1.29, 1.82) is 0 Å². The quantitative estimate of drug-likeness (QED) is 0.886. The first-order chi connectivity index (χ1) is 8.34. The molecule has 0 spiro atoms. The minimum absolute atomic E-state index is 0.368. The van der Waals surface area contributed by atoms with Crippen LogP contribution in [0.3, 0.4) is 0 Å². The molecule has 0 heterocycles. The van der Waals surface area contributed by atoms with Crippen LogP contribution in [-0.4, -0.2) is 37.3 Å². The van der Waals surface area contributed by atoms with Crippen molar-refractivity contribution in [2.24, 2.45) is 0 Å². The highest BCUT2D eigenvalue weighted by molar-refractivity contribution is 5.38. The number of hydrogen-bond donors (Lipinski definition) is 1. The number of nitrogens with zero attached hydrogens (tertiary/aromatic N) is 1. The lowest BCUT2D eigenvalue weighted by molar-refractivity contribution is -0.138. The van der Waals surface area contributed by atoms with Gasteiger partial charge in [-0.05, 0) is 24.7 Å². The first kappa shape index (κ1) is 14.8. The predicted molar refractivity (Wildman–Crippen MR) is 61.3 cm³/mol. The van der Waals surface area contributed by atoms with Gasteiger partial charge in [0.15, 0.2) is 0 Å². The second kappa shape index (κ2) is 6.06. The van der Waals surface area contributed by atoms with Crippen LogP contribution in [-0.2, 0) is 17.5 Å². The fourth-order valence-corrected chi connectivity index (χ4v) is 1.55. The third kappa shape index (κ3) is 4.19. The Bertz CT molecular complexity index is 393. The largest absolute Gasteiger partial charge is 0.507 e. The fourth-order valence-electron chi connectivity index (χ4n) is 1.55. The Morgan fingerprint density at radius 3 is 2.56 bits per heavy atom. The Labute approximate surface area is 104 Å². The van der Waals surface area contributed by atoms with E-state index in [0.29, 0.717) is 25.3 Å². The van der Waals surface area contributed by atoms with Crippen molar-refractivity contribution < 1.29 is 23.0 Å². The van der Waals surface area contributed by atoms with Gasteiger partial charge in [0.05, 0.1) is 12.2 Å². The molecule has 0 atom stereocenters. The summed E-state index contributed by atoms with van der Waals surface area (Å²) in [6.07, 6.45) is -4.54. The molecule has 0 aliphatic carbocycles. The van der Waals surface area contributed by atoms with E-state index in [1.54, 1.807) is 14.2 Å². The Balaban J connectivity index is 2.79. The van der Waals surface area contributed by atoms with E-state index < -0.39 is 17.5 Å². The molecular formula is C12H16F3NO2. The van der Waals surface area contributed by atoms with Crippen molar-refractivity contribution >= 4 is 0 Å². The van der Waals surface area contributed by atoms with Crippen LogP contribution >= 0.6 is 0 Å². The van der Waals surface area contributed by atoms with Gasteiger partial charge >= 0.3 is 6.18 Å². The second-order valence-corrected chi connectivity index (χ2v) is 4.08. The molecule has 0 amide bonds. The number of alkyl halides is 3. The van der Waals surface area contributed by atoms with E-state index in [2.05, 4.69) is 0 Å². The number of rotatable bonds is 5. The van der Waals surface area contributed by atoms with Crippen LogP contribution in [0, 0.1) is 0 Å². The number of methoxy groups -OCH3 is 1. The first-order valence-corrected chi connectivity index (χ1v) is 5.41. The van der Waals surface area contributed by atoms with E-state index in [1.165, 1.54) is 6.07 Å². The van der Waals surface area contributed by atoms with Crippen molar-refractivity contribution in [3.8, 4) is 5.75 Å². The summed E-state index contributed by atoms with van der Waals surface area (Å²) in [4.78, 5) is 1.84. The van der Waals surface area contributed by atoms with Gasteiger partial charge in [-0.15, -0.1) is 0 Å². The molecule has 1 aromatic rings. The van der Waals surface area contributed by atoms with Crippen LogP contribution in [0.15, 0.2) is 18.2 Å². The number of benzene rings is 1. The normalized spacial score (nSPS) is 12.1. The molecule has 0 fully saturated rings. The average molecular weight is 263 g/mol. The molecule has 0 saturated heterocycles. The lowest BCUT2D eigenvalue weighted by Gasteiger charge is -2.17. The Kier molecular flexibility index (Phi) is 4.98. The lowest BCUT2D eigenvalue weighted by Crippen LogP contribution is -2.22. The zero-order chi connectivity index (χ0) is 13.8. The van der Waals surface area contributed by atoms with Crippen molar-refractivity contribution in [2.75, 3.05) is 27.3 Å². The standard InChI is InChI=1S/C12H16F3NO2/c1-16(5-6-18-2)8-9-3-4-11(17)10(7-9)12(13,14)15/h3-4,7,17H,5-6,8H2,1-2H3. The maximum atomic E-state index is 12.6. The predicted octanol–water partition coefficient (Wildman–Crippen LogP) is 2.49. The zero-order valence-corrected chi connectivity index (χ0v) is 10.3. The van der Waals surface area contributed by atoms with Gasteiger partial charge in [-0.3, -0.25) is 4.90 Å². The summed E-state index contributed by atoms with van der Waals surface area (Å²) in [5, 5.41) is 9.19. The molecule has 1 N–H and O–H groups in total. The molecule has 0 radical (unpaired) electrons. The molecule has 0 aliphatic rings. The molecule has 1 aromatic carbocycles. The minimum Gasteiger partial charge on any atom is -0.507 e. The van der Waals surface area contributed by atoms with Gasteiger partial charge in [-0.25, -0.2) is 0 Å². The van der Waals surface area contributed by atoms with Crippen LogP contribution in [0.2, 0.25) is 0 Å².